The van der Waals surface area contributed by atoms with E-state index in [2.05, 4.69) is 26.3 Å². The summed E-state index contributed by atoms with van der Waals surface area (Å²) in [7, 11) is 0. The number of hydrogen-bond donors (Lipinski definition) is 1. The molecule has 1 radical (unpaired) electrons. The number of rotatable bonds is 3. The van der Waals surface area contributed by atoms with Crippen molar-refractivity contribution in [2.75, 3.05) is 6.61 Å². The summed E-state index contributed by atoms with van der Waals surface area (Å²) in [6.45, 7) is 7.64. The number of carbonyl (C=O) groups is 2. The first kappa shape index (κ1) is 19.2. The second kappa shape index (κ2) is 7.81. The van der Waals surface area contributed by atoms with E-state index in [1.54, 1.807) is 6.92 Å². The Hall–Kier alpha value is -1.17. The molecular formula is C17H23N2O3SSe. The number of carbonyl (C=O) groups excluding carboxylic acids is 2. The molecule has 1 aliphatic rings. The molecule has 0 atom stereocenters. The summed E-state index contributed by atoms with van der Waals surface area (Å²) in [5.74, 6) is -0.454. The molecule has 1 aliphatic carbocycles. The van der Waals surface area contributed by atoms with Crippen molar-refractivity contribution in [1.29, 1.82) is 0 Å². The number of esters is 1. The molecule has 1 aromatic heterocycles. The van der Waals surface area contributed by atoms with Gasteiger partial charge in [0.05, 0.1) is 0 Å². The van der Waals surface area contributed by atoms with E-state index in [-0.39, 0.29) is 11.9 Å². The molecule has 0 saturated carbocycles. The summed E-state index contributed by atoms with van der Waals surface area (Å²) < 4.78 is 5.59. The molecule has 131 valence electrons. The number of ether oxygens (including phenoxy) is 1. The van der Waals surface area contributed by atoms with Crippen molar-refractivity contribution in [2.45, 2.75) is 53.4 Å². The van der Waals surface area contributed by atoms with Gasteiger partial charge < -0.3 is 0 Å². The Balaban J connectivity index is 2.35. The summed E-state index contributed by atoms with van der Waals surface area (Å²) in [6, 6.07) is 0. The van der Waals surface area contributed by atoms with Crippen LogP contribution in [0.15, 0.2) is 4.99 Å². The molecule has 0 aliphatic heterocycles. The number of nitrogens with one attached hydrogen (secondary N) is 1. The summed E-state index contributed by atoms with van der Waals surface area (Å²) >= 11 is 4.30. The van der Waals surface area contributed by atoms with Crippen LogP contribution in [0.4, 0.5) is 5.00 Å². The maximum atomic E-state index is 12.4. The molecule has 0 bridgehead atoms. The third-order valence-electron chi connectivity index (χ3n) is 3.74. The zero-order chi connectivity index (χ0) is 17.9. The molecule has 0 aromatic carbocycles. The molecule has 5 nitrogen and oxygen atoms in total. The molecule has 1 N–H and O–H groups in total. The van der Waals surface area contributed by atoms with Crippen LogP contribution in [-0.2, 0) is 22.4 Å². The topological polar surface area (TPSA) is 67.8 Å². The zero-order valence-corrected chi connectivity index (χ0v) is 17.1. The predicted molar refractivity (Wildman–Crippen MR) is 97.4 cm³/mol. The summed E-state index contributed by atoms with van der Waals surface area (Å²) in [6.07, 6.45) is 4.06. The van der Waals surface area contributed by atoms with Gasteiger partial charge in [-0.2, -0.15) is 0 Å². The molecule has 0 saturated heterocycles. The minimum atomic E-state index is -0.511. The van der Waals surface area contributed by atoms with Crippen molar-refractivity contribution in [3.63, 3.8) is 0 Å². The molecule has 1 amide bonds. The zero-order valence-electron chi connectivity index (χ0n) is 14.5. The number of amides is 1. The first-order valence-electron chi connectivity index (χ1n) is 8.12. The van der Waals surface area contributed by atoms with Gasteiger partial charge >= 0.3 is 155 Å². The van der Waals surface area contributed by atoms with Gasteiger partial charge in [0.1, 0.15) is 0 Å². The van der Waals surface area contributed by atoms with Gasteiger partial charge in [-0.25, -0.2) is 0 Å². The maximum absolute atomic E-state index is 12.4. The number of aryl methyl sites for hydroxylation is 1. The Labute approximate surface area is 155 Å². The monoisotopic (exact) mass is 415 g/mol. The van der Waals surface area contributed by atoms with E-state index in [0.29, 0.717) is 21.9 Å². The molecule has 7 heteroatoms. The van der Waals surface area contributed by atoms with E-state index < -0.39 is 5.41 Å². The molecule has 24 heavy (non-hydrogen) atoms. The second-order valence-electron chi connectivity index (χ2n) is 6.73. The molecule has 0 unspecified atom stereocenters. The van der Waals surface area contributed by atoms with E-state index >= 15 is 0 Å². The third kappa shape index (κ3) is 4.46. The van der Waals surface area contributed by atoms with Crippen LogP contribution in [-0.4, -0.2) is 39.2 Å². The number of thiophene rings is 1. The SMILES string of the molecule is CCOC(=O)c1c(/N=C(\[Se])NC(=O)C(C)(C)C)sc2c1CCCC2. The Bertz CT molecular complexity index is 674. The van der Waals surface area contributed by atoms with Crippen LogP contribution in [0.3, 0.4) is 0 Å². The number of fused-ring (bicyclic) bond motifs is 1. The predicted octanol–water partition coefficient (Wildman–Crippen LogP) is 3.12. The van der Waals surface area contributed by atoms with Gasteiger partial charge in [0.25, 0.3) is 0 Å². The molecule has 0 fully saturated rings. The summed E-state index contributed by atoms with van der Waals surface area (Å²) in [4.78, 5) is 30.1. The number of hydrogen-bond acceptors (Lipinski definition) is 5. The van der Waals surface area contributed by atoms with Gasteiger partial charge in [-0.3, -0.25) is 0 Å². The van der Waals surface area contributed by atoms with Crippen molar-refractivity contribution in [2.24, 2.45) is 10.4 Å². The van der Waals surface area contributed by atoms with Crippen molar-refractivity contribution in [3.8, 4) is 0 Å². The van der Waals surface area contributed by atoms with Crippen LogP contribution < -0.4 is 5.32 Å². The van der Waals surface area contributed by atoms with Gasteiger partial charge in [-0.05, 0) is 0 Å². The second-order valence-corrected chi connectivity index (χ2v) is 8.63. The van der Waals surface area contributed by atoms with Gasteiger partial charge in [0, 0.05) is 0 Å². The fourth-order valence-corrected chi connectivity index (χ4v) is 4.22. The van der Waals surface area contributed by atoms with E-state index in [4.69, 9.17) is 4.74 Å². The fraction of sp³-hybridized carbons (Fsp3) is 0.588. The standard InChI is InChI=1S/C17H23N2O3SSe/c1-5-22-14(20)12-10-8-6-7-9-11(10)23-13(12)18-16(24)19-15(21)17(2,3)4/h5-9H2,1-4H3,(H,18,19,21). The Morgan fingerprint density at radius 1 is 1.29 bits per heavy atom. The van der Waals surface area contributed by atoms with Gasteiger partial charge in [0.2, 0.25) is 0 Å². The molecule has 2 rings (SSSR count). The molecule has 0 spiro atoms. The van der Waals surface area contributed by atoms with Crippen LogP contribution in [0.1, 0.15) is 61.3 Å². The molecule has 1 heterocycles. The fourth-order valence-electron chi connectivity index (χ4n) is 2.45. The third-order valence-corrected chi connectivity index (χ3v) is 5.33. The summed E-state index contributed by atoms with van der Waals surface area (Å²) in [5.41, 5.74) is 1.12. The Morgan fingerprint density at radius 2 is 1.96 bits per heavy atom. The Morgan fingerprint density at radius 3 is 2.58 bits per heavy atom. The van der Waals surface area contributed by atoms with Crippen LogP contribution in [0.25, 0.3) is 0 Å². The number of amidine groups is 1. The van der Waals surface area contributed by atoms with Crippen molar-refractivity contribution in [3.05, 3.63) is 16.0 Å². The first-order chi connectivity index (χ1) is 11.2. The van der Waals surface area contributed by atoms with E-state index in [1.165, 1.54) is 16.2 Å². The average molecular weight is 414 g/mol. The van der Waals surface area contributed by atoms with Gasteiger partial charge in [-0.1, -0.05) is 0 Å². The number of aliphatic imine (C=N–C) groups is 1. The van der Waals surface area contributed by atoms with Crippen LogP contribution >= 0.6 is 11.3 Å². The van der Waals surface area contributed by atoms with E-state index in [9.17, 15) is 9.59 Å². The van der Waals surface area contributed by atoms with Crippen LogP contribution in [0, 0.1) is 5.41 Å². The minimum absolute atomic E-state index is 0.126. The quantitative estimate of drug-likeness (QED) is 0.358. The van der Waals surface area contributed by atoms with Crippen molar-refractivity contribution >= 4 is 49.0 Å². The van der Waals surface area contributed by atoms with Crippen LogP contribution in [0.2, 0.25) is 0 Å². The van der Waals surface area contributed by atoms with Gasteiger partial charge in [-0.15, -0.1) is 0 Å². The van der Waals surface area contributed by atoms with Crippen LogP contribution in [0.5, 0.6) is 0 Å². The van der Waals surface area contributed by atoms with E-state index in [0.717, 1.165) is 31.2 Å². The Kier molecular flexibility index (Phi) is 6.23. The normalized spacial score (nSPS) is 14.9. The van der Waals surface area contributed by atoms with E-state index in [1.807, 2.05) is 20.8 Å². The number of nitrogens with zero attached hydrogens (tertiary/aromatic N) is 1. The molecular weight excluding hydrogens is 391 g/mol. The summed E-state index contributed by atoms with van der Waals surface area (Å²) in [5, 5.41) is 3.37. The van der Waals surface area contributed by atoms with Crippen molar-refractivity contribution < 1.29 is 14.3 Å². The van der Waals surface area contributed by atoms with Gasteiger partial charge in [0.15, 0.2) is 0 Å². The molecule has 1 aromatic rings. The average Bonchev–Trinajstić information content (AvgIpc) is 2.83. The van der Waals surface area contributed by atoms with Crippen molar-refractivity contribution in [1.82, 2.24) is 5.32 Å². The first-order valence-corrected chi connectivity index (χ1v) is 9.80.